The number of nitrogen functional groups attached to an aromatic ring is 1. The van der Waals surface area contributed by atoms with Crippen LogP contribution in [0.5, 0.6) is 5.75 Å². The molecule has 3 N–H and O–H groups in total. The number of sulfone groups is 1. The minimum atomic E-state index is -2.85. The van der Waals surface area contributed by atoms with Gasteiger partial charge in [0.2, 0.25) is 5.75 Å². The molecular weight excluding hydrogens is 256 g/mol. The second-order valence-electron chi connectivity index (χ2n) is 4.29. The molecule has 1 saturated heterocycles. The molecule has 8 heteroatoms. The zero-order valence-corrected chi connectivity index (χ0v) is 10.9. The number of nitrogens with one attached hydrogen (secondary N) is 1. The molecule has 1 fully saturated rings. The second-order valence-corrected chi connectivity index (χ2v) is 6.52. The Morgan fingerprint density at radius 1 is 1.56 bits per heavy atom. The molecule has 0 aliphatic carbocycles. The summed E-state index contributed by atoms with van der Waals surface area (Å²) in [7, 11) is -1.37. The van der Waals surface area contributed by atoms with E-state index in [1.54, 1.807) is 0 Å². The minimum absolute atomic E-state index is 0.107. The quantitative estimate of drug-likeness (QED) is 0.789. The van der Waals surface area contributed by atoms with Crippen molar-refractivity contribution in [3.63, 3.8) is 0 Å². The number of rotatable bonds is 4. The maximum Gasteiger partial charge on any atom is 0.203 e. The molecular formula is C10H16N4O3S. The number of hydrogen-bond acceptors (Lipinski definition) is 7. The molecule has 100 valence electrons. The summed E-state index contributed by atoms with van der Waals surface area (Å²) in [6.45, 7) is 0.534. The van der Waals surface area contributed by atoms with Gasteiger partial charge in [0, 0.05) is 6.54 Å². The molecule has 1 aromatic heterocycles. The molecule has 0 amide bonds. The molecule has 2 heterocycles. The van der Waals surface area contributed by atoms with E-state index in [-0.39, 0.29) is 23.2 Å². The van der Waals surface area contributed by atoms with Gasteiger partial charge in [0.25, 0.3) is 0 Å². The maximum atomic E-state index is 11.3. The van der Waals surface area contributed by atoms with E-state index in [2.05, 4.69) is 15.3 Å². The molecule has 1 aliphatic heterocycles. The smallest absolute Gasteiger partial charge is 0.203 e. The van der Waals surface area contributed by atoms with Crippen LogP contribution in [-0.2, 0) is 9.84 Å². The lowest BCUT2D eigenvalue weighted by Gasteiger charge is -2.13. The summed E-state index contributed by atoms with van der Waals surface area (Å²) >= 11 is 0. The molecule has 0 saturated carbocycles. The average molecular weight is 272 g/mol. The minimum Gasteiger partial charge on any atom is -0.490 e. The Morgan fingerprint density at radius 3 is 2.94 bits per heavy atom. The standard InChI is InChI=1S/C10H16N4O3S/c1-17-8-9(11)13-6-14-10(8)12-4-7-2-3-18(15,16)5-7/h6-7H,2-5H2,1H3,(H3,11,12,13,14). The highest BCUT2D eigenvalue weighted by Crippen LogP contribution is 2.27. The number of nitrogens with zero attached hydrogens (tertiary/aromatic N) is 2. The van der Waals surface area contributed by atoms with Gasteiger partial charge in [-0.25, -0.2) is 18.4 Å². The number of aromatic nitrogens is 2. The topological polar surface area (TPSA) is 107 Å². The molecule has 0 aromatic carbocycles. The van der Waals surface area contributed by atoms with Crippen molar-refractivity contribution in [2.24, 2.45) is 5.92 Å². The van der Waals surface area contributed by atoms with E-state index in [1.807, 2.05) is 0 Å². The fraction of sp³-hybridized carbons (Fsp3) is 0.600. The van der Waals surface area contributed by atoms with Gasteiger partial charge in [-0.15, -0.1) is 0 Å². The molecule has 7 nitrogen and oxygen atoms in total. The zero-order valence-electron chi connectivity index (χ0n) is 10.1. The van der Waals surface area contributed by atoms with Crippen molar-refractivity contribution >= 4 is 21.5 Å². The van der Waals surface area contributed by atoms with Crippen molar-refractivity contribution in [2.45, 2.75) is 6.42 Å². The van der Waals surface area contributed by atoms with Gasteiger partial charge in [-0.2, -0.15) is 0 Å². The fourth-order valence-corrected chi connectivity index (χ4v) is 3.85. The third-order valence-corrected chi connectivity index (χ3v) is 4.76. The number of ether oxygens (including phenoxy) is 1. The van der Waals surface area contributed by atoms with E-state index in [4.69, 9.17) is 10.5 Å². The van der Waals surface area contributed by atoms with Crippen molar-refractivity contribution in [2.75, 3.05) is 36.2 Å². The number of hydrogen-bond donors (Lipinski definition) is 2. The van der Waals surface area contributed by atoms with Crippen LogP contribution in [-0.4, -0.2) is 43.5 Å². The number of nitrogens with two attached hydrogens (primary N) is 1. The van der Waals surface area contributed by atoms with E-state index in [0.717, 1.165) is 0 Å². The molecule has 0 bridgehead atoms. The Morgan fingerprint density at radius 2 is 2.33 bits per heavy atom. The van der Waals surface area contributed by atoms with E-state index < -0.39 is 9.84 Å². The largest absolute Gasteiger partial charge is 0.490 e. The highest BCUT2D eigenvalue weighted by molar-refractivity contribution is 7.91. The first kappa shape index (κ1) is 12.9. The van der Waals surface area contributed by atoms with Crippen molar-refractivity contribution in [1.82, 2.24) is 9.97 Å². The Labute approximate surface area is 106 Å². The van der Waals surface area contributed by atoms with Gasteiger partial charge < -0.3 is 15.8 Å². The first-order valence-corrected chi connectivity index (χ1v) is 7.43. The first-order valence-electron chi connectivity index (χ1n) is 5.60. The van der Waals surface area contributed by atoms with Gasteiger partial charge in [0.05, 0.1) is 18.6 Å². The van der Waals surface area contributed by atoms with Crippen LogP contribution in [0.4, 0.5) is 11.6 Å². The summed E-state index contributed by atoms with van der Waals surface area (Å²) in [5.41, 5.74) is 5.65. The van der Waals surface area contributed by atoms with Gasteiger partial charge in [-0.3, -0.25) is 0 Å². The molecule has 18 heavy (non-hydrogen) atoms. The summed E-state index contributed by atoms with van der Waals surface area (Å²) in [5.74, 6) is 1.74. The monoisotopic (exact) mass is 272 g/mol. The molecule has 1 atom stereocenters. The normalized spacial score (nSPS) is 21.7. The zero-order chi connectivity index (χ0) is 13.2. The third kappa shape index (κ3) is 2.81. The SMILES string of the molecule is COc1c(N)ncnc1NCC1CCS(=O)(=O)C1. The van der Waals surface area contributed by atoms with Gasteiger partial charge in [-0.1, -0.05) is 0 Å². The van der Waals surface area contributed by atoms with Gasteiger partial charge in [0.15, 0.2) is 21.5 Å². The summed E-state index contributed by atoms with van der Waals surface area (Å²) in [4.78, 5) is 7.85. The van der Waals surface area contributed by atoms with Crippen LogP contribution < -0.4 is 15.8 Å². The summed E-state index contributed by atoms with van der Waals surface area (Å²) in [6, 6.07) is 0. The molecule has 1 aliphatic rings. The van der Waals surface area contributed by atoms with Gasteiger partial charge in [0.1, 0.15) is 6.33 Å². The van der Waals surface area contributed by atoms with E-state index >= 15 is 0 Å². The van der Waals surface area contributed by atoms with Crippen molar-refractivity contribution in [3.05, 3.63) is 6.33 Å². The number of methoxy groups -OCH3 is 1. The molecule has 1 unspecified atom stereocenters. The first-order chi connectivity index (χ1) is 8.52. The van der Waals surface area contributed by atoms with Gasteiger partial charge in [-0.05, 0) is 12.3 Å². The average Bonchev–Trinajstić information content (AvgIpc) is 2.66. The fourth-order valence-electron chi connectivity index (χ4n) is 1.99. The highest BCUT2D eigenvalue weighted by atomic mass is 32.2. The maximum absolute atomic E-state index is 11.3. The summed E-state index contributed by atoms with van der Waals surface area (Å²) < 4.78 is 27.8. The molecule has 2 rings (SSSR count). The Hall–Kier alpha value is -1.57. The lowest BCUT2D eigenvalue weighted by molar-refractivity contribution is 0.415. The second kappa shape index (κ2) is 4.97. The highest BCUT2D eigenvalue weighted by Gasteiger charge is 2.27. The Balaban J connectivity index is 2.01. The van der Waals surface area contributed by atoms with Crippen LogP contribution in [0.15, 0.2) is 6.33 Å². The molecule has 0 spiro atoms. The van der Waals surface area contributed by atoms with Crippen molar-refractivity contribution in [1.29, 1.82) is 0 Å². The van der Waals surface area contributed by atoms with E-state index in [1.165, 1.54) is 13.4 Å². The van der Waals surface area contributed by atoms with E-state index in [9.17, 15) is 8.42 Å². The van der Waals surface area contributed by atoms with Crippen molar-refractivity contribution in [3.8, 4) is 5.75 Å². The summed E-state index contributed by atoms with van der Waals surface area (Å²) in [5, 5.41) is 3.06. The van der Waals surface area contributed by atoms with Crippen LogP contribution in [0.3, 0.4) is 0 Å². The Bertz CT molecular complexity index is 532. The molecule has 1 aromatic rings. The van der Waals surface area contributed by atoms with Crippen LogP contribution in [0.2, 0.25) is 0 Å². The predicted octanol–water partition coefficient (Wildman–Crippen LogP) is -0.0860. The predicted molar refractivity (Wildman–Crippen MR) is 68.2 cm³/mol. The van der Waals surface area contributed by atoms with Crippen LogP contribution >= 0.6 is 0 Å². The van der Waals surface area contributed by atoms with Crippen LogP contribution in [0, 0.1) is 5.92 Å². The lowest BCUT2D eigenvalue weighted by Crippen LogP contribution is -2.17. The summed E-state index contributed by atoms with van der Waals surface area (Å²) in [6.07, 6.45) is 2.02. The Kier molecular flexibility index (Phi) is 3.55. The third-order valence-electron chi connectivity index (χ3n) is 2.92. The van der Waals surface area contributed by atoms with Crippen molar-refractivity contribution < 1.29 is 13.2 Å². The molecule has 0 radical (unpaired) electrons. The lowest BCUT2D eigenvalue weighted by atomic mass is 10.1. The van der Waals surface area contributed by atoms with Crippen LogP contribution in [0.1, 0.15) is 6.42 Å². The van der Waals surface area contributed by atoms with Gasteiger partial charge >= 0.3 is 0 Å². The van der Waals surface area contributed by atoms with E-state index in [0.29, 0.717) is 24.5 Å². The van der Waals surface area contributed by atoms with Crippen LogP contribution in [0.25, 0.3) is 0 Å². The number of anilines is 2.